The number of nitrogens with one attached hydrogen (secondary N) is 1. The highest BCUT2D eigenvalue weighted by molar-refractivity contribution is 5.63. The fourth-order valence-electron chi connectivity index (χ4n) is 1.37. The lowest BCUT2D eigenvalue weighted by atomic mass is 10.3. The van der Waals surface area contributed by atoms with Gasteiger partial charge in [0.05, 0.1) is 0 Å². The zero-order valence-corrected chi connectivity index (χ0v) is 11.0. The molecular formula is C11H12F6N2O2. The minimum Gasteiger partial charge on any atom is -0.482 e. The molecule has 1 aromatic rings. The van der Waals surface area contributed by atoms with E-state index < -0.39 is 31.4 Å². The third-order valence-corrected chi connectivity index (χ3v) is 2.09. The maximum Gasteiger partial charge on any atom is 0.422 e. The molecule has 0 aliphatic carbocycles. The zero-order valence-electron chi connectivity index (χ0n) is 11.0. The molecule has 0 radical (unpaired) electrons. The van der Waals surface area contributed by atoms with Crippen molar-refractivity contribution in [2.75, 3.05) is 25.6 Å². The molecule has 120 valence electrons. The quantitative estimate of drug-likeness (QED) is 0.846. The van der Waals surface area contributed by atoms with Crippen molar-refractivity contribution in [1.82, 2.24) is 4.98 Å². The third-order valence-electron chi connectivity index (χ3n) is 2.09. The van der Waals surface area contributed by atoms with Crippen LogP contribution in [-0.2, 0) is 0 Å². The van der Waals surface area contributed by atoms with Gasteiger partial charge in [0.15, 0.2) is 13.2 Å². The summed E-state index contributed by atoms with van der Waals surface area (Å²) in [6.45, 7) is -1.80. The van der Waals surface area contributed by atoms with Crippen molar-refractivity contribution >= 4 is 5.69 Å². The van der Waals surface area contributed by atoms with Gasteiger partial charge in [0, 0.05) is 18.8 Å². The molecule has 1 aromatic heterocycles. The minimum absolute atomic E-state index is 0.156. The summed E-state index contributed by atoms with van der Waals surface area (Å²) in [5.74, 6) is -0.772. The maximum absolute atomic E-state index is 12.1. The number of hydrogen-bond acceptors (Lipinski definition) is 4. The fourth-order valence-corrected chi connectivity index (χ4v) is 1.37. The van der Waals surface area contributed by atoms with Crippen LogP contribution in [0.1, 0.15) is 5.69 Å². The lowest BCUT2D eigenvalue weighted by Crippen LogP contribution is -2.21. The van der Waals surface area contributed by atoms with Crippen LogP contribution in [0.5, 0.6) is 11.6 Å². The van der Waals surface area contributed by atoms with Crippen LogP contribution in [0.15, 0.2) is 6.07 Å². The number of alkyl halides is 6. The van der Waals surface area contributed by atoms with Crippen molar-refractivity contribution in [2.24, 2.45) is 0 Å². The van der Waals surface area contributed by atoms with Crippen LogP contribution in [0.2, 0.25) is 0 Å². The molecule has 0 bridgehead atoms. The van der Waals surface area contributed by atoms with Gasteiger partial charge in [0.1, 0.15) is 11.4 Å². The molecule has 0 aliphatic rings. The van der Waals surface area contributed by atoms with Gasteiger partial charge in [-0.2, -0.15) is 26.3 Å². The Morgan fingerprint density at radius 2 is 1.57 bits per heavy atom. The number of hydrogen-bond donors (Lipinski definition) is 1. The SMILES string of the molecule is CNc1c(OCC(F)(F)F)cc(C)nc1OCC(F)(F)F. The number of ether oxygens (including phenoxy) is 2. The Morgan fingerprint density at radius 3 is 2.05 bits per heavy atom. The van der Waals surface area contributed by atoms with E-state index in [4.69, 9.17) is 0 Å². The van der Waals surface area contributed by atoms with Crippen molar-refractivity contribution in [1.29, 1.82) is 0 Å². The Balaban J connectivity index is 3.00. The number of aromatic nitrogens is 1. The normalized spacial score (nSPS) is 12.2. The van der Waals surface area contributed by atoms with Gasteiger partial charge in [-0.25, -0.2) is 4.98 Å². The highest BCUT2D eigenvalue weighted by atomic mass is 19.4. The van der Waals surface area contributed by atoms with Gasteiger partial charge in [-0.15, -0.1) is 0 Å². The van der Waals surface area contributed by atoms with Crippen molar-refractivity contribution in [3.8, 4) is 11.6 Å². The second-order valence-corrected chi connectivity index (χ2v) is 4.00. The van der Waals surface area contributed by atoms with Gasteiger partial charge in [-0.3, -0.25) is 0 Å². The van der Waals surface area contributed by atoms with E-state index in [0.29, 0.717) is 0 Å². The molecule has 10 heteroatoms. The molecule has 0 aliphatic heterocycles. The fraction of sp³-hybridized carbons (Fsp3) is 0.545. The molecule has 1 N–H and O–H groups in total. The Bertz CT molecular complexity index is 448. The molecule has 0 spiro atoms. The Labute approximate surface area is 116 Å². The van der Waals surface area contributed by atoms with Crippen LogP contribution in [-0.4, -0.2) is 37.6 Å². The second-order valence-electron chi connectivity index (χ2n) is 4.00. The molecule has 1 rings (SSSR count). The van der Waals surface area contributed by atoms with Crippen molar-refractivity contribution in [3.63, 3.8) is 0 Å². The van der Waals surface area contributed by atoms with Gasteiger partial charge in [0.25, 0.3) is 0 Å². The first-order valence-electron chi connectivity index (χ1n) is 5.60. The van der Waals surface area contributed by atoms with Crippen LogP contribution < -0.4 is 14.8 Å². The Morgan fingerprint density at radius 1 is 1.05 bits per heavy atom. The third kappa shape index (κ3) is 5.96. The van der Waals surface area contributed by atoms with Crippen LogP contribution in [0.4, 0.5) is 32.0 Å². The molecule has 21 heavy (non-hydrogen) atoms. The summed E-state index contributed by atoms with van der Waals surface area (Å²) in [7, 11) is 1.30. The first kappa shape index (κ1) is 17.2. The molecule has 0 saturated heterocycles. The number of halogens is 6. The highest BCUT2D eigenvalue weighted by Crippen LogP contribution is 2.35. The van der Waals surface area contributed by atoms with Gasteiger partial charge >= 0.3 is 12.4 Å². The maximum atomic E-state index is 12.1. The van der Waals surface area contributed by atoms with E-state index in [1.165, 1.54) is 14.0 Å². The van der Waals surface area contributed by atoms with Crippen molar-refractivity contribution < 1.29 is 35.8 Å². The second kappa shape index (κ2) is 6.27. The topological polar surface area (TPSA) is 43.4 Å². The summed E-state index contributed by atoms with van der Waals surface area (Å²) >= 11 is 0. The van der Waals surface area contributed by atoms with Gasteiger partial charge in [-0.05, 0) is 6.92 Å². The average Bonchev–Trinajstić information content (AvgIpc) is 2.31. The highest BCUT2D eigenvalue weighted by Gasteiger charge is 2.31. The van der Waals surface area contributed by atoms with E-state index in [-0.39, 0.29) is 17.1 Å². The molecule has 0 amide bonds. The predicted octanol–water partition coefficient (Wildman–Crippen LogP) is 3.31. The molecule has 0 saturated carbocycles. The molecule has 0 atom stereocenters. The molecule has 0 unspecified atom stereocenters. The van der Waals surface area contributed by atoms with Crippen molar-refractivity contribution in [2.45, 2.75) is 19.3 Å². The number of nitrogens with zero attached hydrogens (tertiary/aromatic N) is 1. The van der Waals surface area contributed by atoms with E-state index in [1.807, 2.05) is 0 Å². The summed E-state index contributed by atoms with van der Waals surface area (Å²) in [6.07, 6.45) is -9.17. The Kier molecular flexibility index (Phi) is 5.13. The summed E-state index contributed by atoms with van der Waals surface area (Å²) < 4.78 is 81.9. The standard InChI is InChI=1S/C11H12F6N2O2/c1-6-3-7(20-4-10(12,13)14)8(18-2)9(19-6)21-5-11(15,16)17/h3,18H,4-5H2,1-2H3. The van der Waals surface area contributed by atoms with E-state index in [0.717, 1.165) is 6.07 Å². The molecular weight excluding hydrogens is 306 g/mol. The summed E-state index contributed by atoms with van der Waals surface area (Å²) in [5.41, 5.74) is -0.0301. The number of rotatable bonds is 5. The number of anilines is 1. The molecule has 0 fully saturated rings. The Hall–Kier alpha value is -1.87. The smallest absolute Gasteiger partial charge is 0.422 e. The van der Waals surface area contributed by atoms with Gasteiger partial charge < -0.3 is 14.8 Å². The predicted molar refractivity (Wildman–Crippen MR) is 61.6 cm³/mol. The largest absolute Gasteiger partial charge is 0.482 e. The first-order chi connectivity index (χ1) is 9.52. The van der Waals surface area contributed by atoms with E-state index >= 15 is 0 Å². The molecule has 4 nitrogen and oxygen atoms in total. The summed E-state index contributed by atoms with van der Waals surface area (Å²) in [5, 5.41) is 2.42. The van der Waals surface area contributed by atoms with Crippen LogP contribution in [0, 0.1) is 6.92 Å². The summed E-state index contributed by atoms with van der Waals surface area (Å²) in [4.78, 5) is 3.71. The van der Waals surface area contributed by atoms with E-state index in [1.54, 1.807) is 0 Å². The zero-order chi connectivity index (χ0) is 16.3. The molecule has 0 aromatic carbocycles. The van der Waals surface area contributed by atoms with E-state index in [9.17, 15) is 26.3 Å². The monoisotopic (exact) mass is 318 g/mol. The lowest BCUT2D eigenvalue weighted by Gasteiger charge is -2.17. The van der Waals surface area contributed by atoms with Gasteiger partial charge in [-0.1, -0.05) is 0 Å². The van der Waals surface area contributed by atoms with Gasteiger partial charge in [0.2, 0.25) is 5.88 Å². The van der Waals surface area contributed by atoms with E-state index in [2.05, 4.69) is 19.8 Å². The van der Waals surface area contributed by atoms with Crippen molar-refractivity contribution in [3.05, 3.63) is 11.8 Å². The first-order valence-corrected chi connectivity index (χ1v) is 5.60. The van der Waals surface area contributed by atoms with Crippen LogP contribution in [0.3, 0.4) is 0 Å². The average molecular weight is 318 g/mol. The lowest BCUT2D eigenvalue weighted by molar-refractivity contribution is -0.154. The van der Waals surface area contributed by atoms with Crippen LogP contribution >= 0.6 is 0 Å². The number of pyridine rings is 1. The minimum atomic E-state index is -4.59. The van der Waals surface area contributed by atoms with Crippen LogP contribution in [0.25, 0.3) is 0 Å². The summed E-state index contributed by atoms with van der Waals surface area (Å²) in [6, 6.07) is 1.16. The molecule has 1 heterocycles. The number of aryl methyl sites for hydroxylation is 1.